The highest BCUT2D eigenvalue weighted by Gasteiger charge is 2.14. The Kier molecular flexibility index (Phi) is 9.83. The second-order valence-corrected chi connectivity index (χ2v) is 10.2. The fourth-order valence-corrected chi connectivity index (χ4v) is 4.70. The quantitative estimate of drug-likeness (QED) is 0.158. The van der Waals surface area contributed by atoms with Crippen LogP contribution in [-0.4, -0.2) is 40.7 Å². The summed E-state index contributed by atoms with van der Waals surface area (Å²) in [6.07, 6.45) is 3.25. The Morgan fingerprint density at radius 1 is 0.816 bits per heavy atom. The molecule has 0 N–H and O–H groups in total. The Balaban J connectivity index is 1.51. The fraction of sp³-hybridized carbons (Fsp3) is 0.424. The SMILES string of the molecule is CCCCn1c(-c2ccc(Oc3ccc(C(C)C)cc3)cc2)nc2ccc(OCCCN(CC)CC)cc21. The molecule has 0 aliphatic carbocycles. The highest BCUT2D eigenvalue weighted by molar-refractivity contribution is 5.82. The van der Waals surface area contributed by atoms with E-state index in [9.17, 15) is 0 Å². The van der Waals surface area contributed by atoms with Crippen molar-refractivity contribution in [2.75, 3.05) is 26.2 Å². The summed E-state index contributed by atoms with van der Waals surface area (Å²) in [5.41, 5.74) is 4.52. The van der Waals surface area contributed by atoms with E-state index in [1.165, 1.54) is 5.56 Å². The summed E-state index contributed by atoms with van der Waals surface area (Å²) in [5, 5.41) is 0. The molecule has 0 amide bonds. The molecule has 38 heavy (non-hydrogen) atoms. The molecule has 1 aromatic heterocycles. The minimum atomic E-state index is 0.510. The molecule has 0 spiro atoms. The summed E-state index contributed by atoms with van der Waals surface area (Å²) in [6.45, 7) is 15.9. The molecule has 0 aliphatic rings. The van der Waals surface area contributed by atoms with Crippen molar-refractivity contribution in [2.45, 2.75) is 66.3 Å². The number of hydrogen-bond acceptors (Lipinski definition) is 4. The number of fused-ring (bicyclic) bond motifs is 1. The maximum Gasteiger partial charge on any atom is 0.141 e. The van der Waals surface area contributed by atoms with Gasteiger partial charge in [-0.25, -0.2) is 4.98 Å². The molecular formula is C33H43N3O2. The van der Waals surface area contributed by atoms with Crippen LogP contribution in [0.5, 0.6) is 17.2 Å². The van der Waals surface area contributed by atoms with Crippen molar-refractivity contribution in [2.24, 2.45) is 0 Å². The monoisotopic (exact) mass is 513 g/mol. The number of ether oxygens (including phenoxy) is 2. The minimum absolute atomic E-state index is 0.510. The van der Waals surface area contributed by atoms with Gasteiger partial charge in [-0.1, -0.05) is 53.2 Å². The Bertz CT molecular complexity index is 1270. The van der Waals surface area contributed by atoms with E-state index in [1.54, 1.807) is 0 Å². The molecule has 1 heterocycles. The first kappa shape index (κ1) is 27.7. The summed E-state index contributed by atoms with van der Waals surface area (Å²) in [5.74, 6) is 4.08. The standard InChI is InChI=1S/C33H43N3O2/c1-6-9-22-36-32-24-30(37-23-10-21-35(7-2)8-3)19-20-31(32)34-33(36)27-13-17-29(18-14-27)38-28-15-11-26(12-16-28)25(4)5/h11-20,24-25H,6-10,21-23H2,1-5H3. The highest BCUT2D eigenvalue weighted by atomic mass is 16.5. The Hall–Kier alpha value is -3.31. The summed E-state index contributed by atoms with van der Waals surface area (Å²) in [7, 11) is 0. The van der Waals surface area contributed by atoms with Gasteiger partial charge in [0.05, 0.1) is 17.6 Å². The average molecular weight is 514 g/mol. The van der Waals surface area contributed by atoms with E-state index in [-0.39, 0.29) is 0 Å². The maximum absolute atomic E-state index is 6.14. The van der Waals surface area contributed by atoms with E-state index in [1.807, 2.05) is 30.3 Å². The van der Waals surface area contributed by atoms with Crippen LogP contribution in [-0.2, 0) is 6.54 Å². The molecule has 0 unspecified atom stereocenters. The van der Waals surface area contributed by atoms with Crippen molar-refractivity contribution in [1.82, 2.24) is 14.5 Å². The zero-order chi connectivity index (χ0) is 26.9. The molecule has 5 nitrogen and oxygen atoms in total. The molecule has 0 saturated heterocycles. The van der Waals surface area contributed by atoms with Crippen molar-refractivity contribution in [3.8, 4) is 28.6 Å². The molecule has 0 atom stereocenters. The zero-order valence-electron chi connectivity index (χ0n) is 23.7. The number of unbranched alkanes of at least 4 members (excludes halogenated alkanes) is 1. The normalized spacial score (nSPS) is 11.6. The third-order valence-electron chi connectivity index (χ3n) is 7.13. The van der Waals surface area contributed by atoms with E-state index in [4.69, 9.17) is 14.5 Å². The van der Waals surface area contributed by atoms with Gasteiger partial charge in [-0.15, -0.1) is 0 Å². The van der Waals surface area contributed by atoms with Crippen LogP contribution in [0.1, 0.15) is 65.4 Å². The molecule has 4 aromatic rings. The number of imidazole rings is 1. The fourth-order valence-electron chi connectivity index (χ4n) is 4.70. The zero-order valence-corrected chi connectivity index (χ0v) is 23.7. The van der Waals surface area contributed by atoms with Gasteiger partial charge in [-0.3, -0.25) is 0 Å². The summed E-state index contributed by atoms with van der Waals surface area (Å²) < 4.78 is 14.6. The maximum atomic E-state index is 6.14. The summed E-state index contributed by atoms with van der Waals surface area (Å²) in [4.78, 5) is 7.45. The lowest BCUT2D eigenvalue weighted by atomic mass is 10.0. The van der Waals surface area contributed by atoms with Gasteiger partial charge >= 0.3 is 0 Å². The number of aromatic nitrogens is 2. The Morgan fingerprint density at radius 2 is 1.47 bits per heavy atom. The van der Waals surface area contributed by atoms with Gasteiger partial charge in [0.1, 0.15) is 23.1 Å². The molecule has 0 fully saturated rings. The van der Waals surface area contributed by atoms with Crippen LogP contribution < -0.4 is 9.47 Å². The molecule has 5 heteroatoms. The second-order valence-electron chi connectivity index (χ2n) is 10.2. The van der Waals surface area contributed by atoms with E-state index in [2.05, 4.69) is 80.5 Å². The first-order chi connectivity index (χ1) is 18.5. The lowest BCUT2D eigenvalue weighted by molar-refractivity contribution is 0.249. The van der Waals surface area contributed by atoms with Gasteiger partial charge in [0.25, 0.3) is 0 Å². The van der Waals surface area contributed by atoms with Crippen molar-refractivity contribution in [1.29, 1.82) is 0 Å². The Morgan fingerprint density at radius 3 is 2.11 bits per heavy atom. The predicted octanol–water partition coefficient (Wildman–Crippen LogP) is 8.53. The minimum Gasteiger partial charge on any atom is -0.493 e. The molecular weight excluding hydrogens is 470 g/mol. The van der Waals surface area contributed by atoms with E-state index >= 15 is 0 Å². The molecule has 0 saturated carbocycles. The van der Waals surface area contributed by atoms with Crippen LogP contribution in [0.2, 0.25) is 0 Å². The number of nitrogens with zero attached hydrogens (tertiary/aromatic N) is 3. The molecule has 4 rings (SSSR count). The lowest BCUT2D eigenvalue weighted by Crippen LogP contribution is -2.25. The third-order valence-corrected chi connectivity index (χ3v) is 7.13. The summed E-state index contributed by atoms with van der Waals surface area (Å²) >= 11 is 0. The average Bonchev–Trinajstić information content (AvgIpc) is 3.30. The smallest absolute Gasteiger partial charge is 0.141 e. The Labute approximate surface area is 228 Å². The molecule has 202 valence electrons. The number of aryl methyl sites for hydroxylation is 1. The number of hydrogen-bond donors (Lipinski definition) is 0. The van der Waals surface area contributed by atoms with Crippen LogP contribution in [0.15, 0.2) is 66.7 Å². The van der Waals surface area contributed by atoms with Crippen LogP contribution >= 0.6 is 0 Å². The molecule has 0 bridgehead atoms. The first-order valence-corrected chi connectivity index (χ1v) is 14.3. The number of benzene rings is 3. The van der Waals surface area contributed by atoms with E-state index in [0.29, 0.717) is 5.92 Å². The van der Waals surface area contributed by atoms with Crippen LogP contribution in [0.4, 0.5) is 0 Å². The summed E-state index contributed by atoms with van der Waals surface area (Å²) in [6, 6.07) is 22.9. The molecule has 0 aliphatic heterocycles. The third kappa shape index (κ3) is 6.96. The van der Waals surface area contributed by atoms with Crippen molar-refractivity contribution in [3.05, 3.63) is 72.3 Å². The van der Waals surface area contributed by atoms with Gasteiger partial charge in [0, 0.05) is 24.7 Å². The van der Waals surface area contributed by atoms with Gasteiger partial charge in [0.15, 0.2) is 0 Å². The van der Waals surface area contributed by atoms with Crippen molar-refractivity contribution in [3.63, 3.8) is 0 Å². The topological polar surface area (TPSA) is 39.5 Å². The predicted molar refractivity (Wildman–Crippen MR) is 159 cm³/mol. The van der Waals surface area contributed by atoms with E-state index < -0.39 is 0 Å². The number of rotatable bonds is 14. The van der Waals surface area contributed by atoms with Crippen LogP contribution in [0, 0.1) is 0 Å². The van der Waals surface area contributed by atoms with E-state index in [0.717, 1.165) is 91.7 Å². The van der Waals surface area contributed by atoms with Crippen molar-refractivity contribution >= 4 is 11.0 Å². The van der Waals surface area contributed by atoms with Gasteiger partial charge in [-0.05, 0) is 85.9 Å². The largest absolute Gasteiger partial charge is 0.493 e. The second kappa shape index (κ2) is 13.5. The lowest BCUT2D eigenvalue weighted by Gasteiger charge is -2.17. The molecule has 3 aromatic carbocycles. The van der Waals surface area contributed by atoms with Gasteiger partial charge in [-0.2, -0.15) is 0 Å². The van der Waals surface area contributed by atoms with Crippen molar-refractivity contribution < 1.29 is 9.47 Å². The van der Waals surface area contributed by atoms with Crippen LogP contribution in [0.3, 0.4) is 0 Å². The van der Waals surface area contributed by atoms with Crippen LogP contribution in [0.25, 0.3) is 22.4 Å². The van der Waals surface area contributed by atoms with Gasteiger partial charge in [0.2, 0.25) is 0 Å². The van der Waals surface area contributed by atoms with Gasteiger partial charge < -0.3 is 18.9 Å². The highest BCUT2D eigenvalue weighted by Crippen LogP contribution is 2.31. The first-order valence-electron chi connectivity index (χ1n) is 14.3. The molecule has 0 radical (unpaired) electrons.